The number of esters is 1. The van der Waals surface area contributed by atoms with E-state index in [1.54, 1.807) is 0 Å². The smallest absolute Gasteiger partial charge is 0.481 e. The number of aliphatic carboxylic acids is 1. The first kappa shape index (κ1) is 16.0. The van der Waals surface area contributed by atoms with Crippen molar-refractivity contribution < 1.29 is 32.7 Å². The van der Waals surface area contributed by atoms with E-state index in [-0.39, 0.29) is 19.4 Å². The number of hydrogen-bond donors (Lipinski definition) is 1. The Morgan fingerprint density at radius 2 is 1.59 bits per heavy atom. The molecule has 1 N–H and O–H groups in total. The summed E-state index contributed by atoms with van der Waals surface area (Å²) < 4.78 is 20.2. The quantitative estimate of drug-likeness (QED) is 0.473. The second-order valence-corrected chi connectivity index (χ2v) is 6.25. The Morgan fingerprint density at radius 1 is 1.06 bits per heavy atom. The number of carbonyl (C=O) groups excluding carboxylic acids is 1. The summed E-state index contributed by atoms with van der Waals surface area (Å²) in [6.07, 6.45) is -0.378. The Bertz CT molecular complexity index is 243. The largest absolute Gasteiger partial charge is 0.503 e. The zero-order chi connectivity index (χ0) is 13.3. The topological polar surface area (TPSA) is 91.3 Å². The van der Waals surface area contributed by atoms with Crippen LogP contribution in [-0.2, 0) is 27.6 Å². The van der Waals surface area contributed by atoms with E-state index in [0.29, 0.717) is 6.04 Å². The summed E-state index contributed by atoms with van der Waals surface area (Å²) in [4.78, 5) is 21.3. The van der Waals surface area contributed by atoms with Crippen molar-refractivity contribution in [1.29, 1.82) is 0 Å². The lowest BCUT2D eigenvalue weighted by Gasteiger charge is -2.23. The SMILES string of the molecule is CO[Si](CCOC(=O)CCC(=O)O)(OC)OC. The normalized spacial score (nSPS) is 11.2. The minimum absolute atomic E-state index is 0.0835. The number of carbonyl (C=O) groups is 2. The Kier molecular flexibility index (Phi) is 7.71. The summed E-state index contributed by atoms with van der Waals surface area (Å²) >= 11 is 0. The fourth-order valence-electron chi connectivity index (χ4n) is 1.13. The maximum atomic E-state index is 11.1. The second kappa shape index (κ2) is 8.18. The summed E-state index contributed by atoms with van der Waals surface area (Å²) in [6.45, 7) is 0.0835. The molecule has 0 radical (unpaired) electrons. The molecule has 17 heavy (non-hydrogen) atoms. The van der Waals surface area contributed by atoms with Crippen LogP contribution in [0.5, 0.6) is 0 Å². The van der Waals surface area contributed by atoms with Gasteiger partial charge in [0.1, 0.15) is 0 Å². The van der Waals surface area contributed by atoms with Crippen molar-refractivity contribution >= 4 is 20.7 Å². The molecule has 0 aromatic heterocycles. The first-order valence-corrected chi connectivity index (χ1v) is 6.95. The van der Waals surface area contributed by atoms with Gasteiger partial charge in [0.25, 0.3) is 0 Å². The third kappa shape index (κ3) is 6.37. The summed E-state index contributed by atoms with van der Waals surface area (Å²) in [7, 11) is 1.67. The van der Waals surface area contributed by atoms with Crippen molar-refractivity contribution in [2.75, 3.05) is 27.9 Å². The van der Waals surface area contributed by atoms with Crippen molar-refractivity contribution in [3.8, 4) is 0 Å². The van der Waals surface area contributed by atoms with E-state index in [1.165, 1.54) is 21.3 Å². The third-order valence-corrected chi connectivity index (χ3v) is 4.83. The van der Waals surface area contributed by atoms with Gasteiger partial charge in [-0.05, 0) is 0 Å². The van der Waals surface area contributed by atoms with Crippen LogP contribution in [-0.4, -0.2) is 53.8 Å². The van der Waals surface area contributed by atoms with Crippen molar-refractivity contribution in [3.63, 3.8) is 0 Å². The fraction of sp³-hybridized carbons (Fsp3) is 0.778. The lowest BCUT2D eigenvalue weighted by Crippen LogP contribution is -2.43. The van der Waals surface area contributed by atoms with Crippen LogP contribution in [0.4, 0.5) is 0 Å². The zero-order valence-electron chi connectivity index (χ0n) is 10.2. The van der Waals surface area contributed by atoms with Crippen LogP contribution < -0.4 is 0 Å². The van der Waals surface area contributed by atoms with Gasteiger partial charge in [0.2, 0.25) is 0 Å². The predicted octanol–water partition coefficient (Wildman–Crippen LogP) is 0.272. The molecule has 0 aliphatic heterocycles. The van der Waals surface area contributed by atoms with Gasteiger partial charge in [0.15, 0.2) is 0 Å². The molecule has 0 saturated heterocycles. The molecular weight excluding hydrogens is 248 g/mol. The highest BCUT2D eigenvalue weighted by atomic mass is 28.4. The number of carboxylic acid groups (broad SMARTS) is 1. The average Bonchev–Trinajstić information content (AvgIpc) is 2.33. The molecule has 0 aromatic rings. The first-order chi connectivity index (χ1) is 7.99. The summed E-state index contributed by atoms with van der Waals surface area (Å²) in [5.41, 5.74) is 0. The minimum atomic E-state index is -2.72. The summed E-state index contributed by atoms with van der Waals surface area (Å²) in [5.74, 6) is -1.59. The lowest BCUT2D eigenvalue weighted by atomic mass is 10.3. The highest BCUT2D eigenvalue weighted by Gasteiger charge is 2.37. The van der Waals surface area contributed by atoms with Gasteiger partial charge in [-0.15, -0.1) is 0 Å². The molecule has 0 heterocycles. The Balaban J connectivity index is 3.88. The number of rotatable bonds is 9. The van der Waals surface area contributed by atoms with Crippen LogP contribution in [0.3, 0.4) is 0 Å². The van der Waals surface area contributed by atoms with Gasteiger partial charge in [0, 0.05) is 21.3 Å². The number of ether oxygens (including phenoxy) is 1. The number of hydrogen-bond acceptors (Lipinski definition) is 6. The molecule has 8 heteroatoms. The molecule has 0 aliphatic rings. The third-order valence-electron chi connectivity index (χ3n) is 2.15. The van der Waals surface area contributed by atoms with E-state index in [2.05, 4.69) is 0 Å². The van der Waals surface area contributed by atoms with E-state index in [1.807, 2.05) is 0 Å². The van der Waals surface area contributed by atoms with E-state index >= 15 is 0 Å². The van der Waals surface area contributed by atoms with Gasteiger partial charge in [-0.1, -0.05) is 0 Å². The molecule has 0 spiro atoms. The average molecular weight is 266 g/mol. The van der Waals surface area contributed by atoms with Crippen LogP contribution in [0, 0.1) is 0 Å². The monoisotopic (exact) mass is 266 g/mol. The van der Waals surface area contributed by atoms with E-state index in [9.17, 15) is 9.59 Å². The van der Waals surface area contributed by atoms with Crippen molar-refractivity contribution in [2.45, 2.75) is 18.9 Å². The Morgan fingerprint density at radius 3 is 2.00 bits per heavy atom. The summed E-state index contributed by atoms with van der Waals surface area (Å²) in [5, 5.41) is 8.37. The van der Waals surface area contributed by atoms with E-state index in [4.69, 9.17) is 23.1 Å². The van der Waals surface area contributed by atoms with Gasteiger partial charge in [0.05, 0.1) is 25.5 Å². The molecule has 0 rings (SSSR count). The van der Waals surface area contributed by atoms with Gasteiger partial charge in [-0.25, -0.2) is 0 Å². The maximum Gasteiger partial charge on any atom is 0.503 e. The van der Waals surface area contributed by atoms with Crippen molar-refractivity contribution in [1.82, 2.24) is 0 Å². The molecule has 100 valence electrons. The van der Waals surface area contributed by atoms with Crippen LogP contribution in [0.15, 0.2) is 0 Å². The standard InChI is InChI=1S/C9H18O7Si/c1-13-17(14-2,15-3)7-6-16-9(12)5-4-8(10)11/h4-7H2,1-3H3,(H,10,11). The van der Waals surface area contributed by atoms with Crippen molar-refractivity contribution in [2.24, 2.45) is 0 Å². The molecule has 0 fully saturated rings. The highest BCUT2D eigenvalue weighted by molar-refractivity contribution is 6.60. The first-order valence-electron chi connectivity index (χ1n) is 5.02. The second-order valence-electron chi connectivity index (χ2n) is 3.16. The number of carboxylic acids is 1. The minimum Gasteiger partial charge on any atom is -0.481 e. The lowest BCUT2D eigenvalue weighted by molar-refractivity contribution is -0.147. The molecule has 0 atom stereocenters. The predicted molar refractivity (Wildman–Crippen MR) is 59.4 cm³/mol. The van der Waals surface area contributed by atoms with Crippen LogP contribution in [0.25, 0.3) is 0 Å². The molecule has 0 aromatic carbocycles. The van der Waals surface area contributed by atoms with Crippen LogP contribution in [0.1, 0.15) is 12.8 Å². The molecule has 0 aliphatic carbocycles. The molecule has 0 saturated carbocycles. The molecule has 0 amide bonds. The van der Waals surface area contributed by atoms with Gasteiger partial charge in [-0.2, -0.15) is 0 Å². The Labute approximate surface area is 101 Å². The van der Waals surface area contributed by atoms with Crippen LogP contribution in [0.2, 0.25) is 6.04 Å². The molecule has 0 unspecified atom stereocenters. The fourth-order valence-corrected chi connectivity index (χ4v) is 2.59. The molecular formula is C9H18O7Si. The van der Waals surface area contributed by atoms with Gasteiger partial charge >= 0.3 is 20.7 Å². The van der Waals surface area contributed by atoms with Gasteiger partial charge in [-0.3, -0.25) is 9.59 Å². The molecule has 0 bridgehead atoms. The van der Waals surface area contributed by atoms with Crippen LogP contribution >= 0.6 is 0 Å². The summed E-state index contributed by atoms with van der Waals surface area (Å²) in [6, 6.07) is 0.329. The highest BCUT2D eigenvalue weighted by Crippen LogP contribution is 2.12. The van der Waals surface area contributed by atoms with E-state index < -0.39 is 20.7 Å². The maximum absolute atomic E-state index is 11.1. The van der Waals surface area contributed by atoms with Gasteiger partial charge < -0.3 is 23.1 Å². The van der Waals surface area contributed by atoms with E-state index in [0.717, 1.165) is 0 Å². The zero-order valence-corrected chi connectivity index (χ0v) is 11.2. The molecule has 7 nitrogen and oxygen atoms in total. The Hall–Kier alpha value is -0.963. The van der Waals surface area contributed by atoms with Crippen molar-refractivity contribution in [3.05, 3.63) is 0 Å².